The molecule has 1 aliphatic rings. The van der Waals surface area contributed by atoms with Crippen molar-refractivity contribution in [2.75, 3.05) is 27.4 Å². The number of thioether (sulfide) groups is 1. The maximum Gasteiger partial charge on any atom is 0.226 e. The molecular formula is C33H35N3O6S. The van der Waals surface area contributed by atoms with E-state index in [0.717, 1.165) is 39.4 Å². The van der Waals surface area contributed by atoms with Crippen molar-refractivity contribution >= 4 is 11.8 Å². The summed E-state index contributed by atoms with van der Waals surface area (Å²) in [7, 11) is 3.19. The topological polar surface area (TPSA) is 109 Å². The zero-order valence-electron chi connectivity index (χ0n) is 25.4. The molecule has 0 unspecified atom stereocenters. The van der Waals surface area contributed by atoms with E-state index >= 15 is 0 Å². The van der Waals surface area contributed by atoms with Crippen molar-refractivity contribution in [1.82, 2.24) is 9.97 Å². The molecule has 0 aliphatic carbocycles. The summed E-state index contributed by atoms with van der Waals surface area (Å²) in [5.74, 6) is 3.04. The first kappa shape index (κ1) is 30.4. The van der Waals surface area contributed by atoms with E-state index in [1.165, 1.54) is 11.8 Å². The monoisotopic (exact) mass is 601 g/mol. The predicted octanol–water partition coefficient (Wildman–Crippen LogP) is 7.04. The fourth-order valence-corrected chi connectivity index (χ4v) is 5.91. The molecule has 3 heterocycles. The van der Waals surface area contributed by atoms with Gasteiger partial charge < -0.3 is 28.1 Å². The van der Waals surface area contributed by atoms with Crippen LogP contribution in [0.4, 0.5) is 0 Å². The third-order valence-electron chi connectivity index (χ3n) is 7.28. The Morgan fingerprint density at radius 3 is 2.37 bits per heavy atom. The van der Waals surface area contributed by atoms with E-state index in [9.17, 15) is 5.26 Å². The van der Waals surface area contributed by atoms with E-state index in [2.05, 4.69) is 6.07 Å². The molecule has 5 rings (SSSR count). The Balaban J connectivity index is 1.34. The van der Waals surface area contributed by atoms with Gasteiger partial charge in [0.1, 0.15) is 35.3 Å². The standard InChI is InChI=1S/C33H35N3O6S/c1-19-20(2)35-32(43-18-27-21(3)41-31(36-27)23-10-13-28(37-6)29(14-23)38-7)26(15-34)30(19)22-8-11-24(12-9-22)39-16-25-17-40-33(4,5)42-25/h8-14,25H,16-18H2,1-7H3/t25-/m1/s1. The molecule has 0 radical (unpaired) electrons. The summed E-state index contributed by atoms with van der Waals surface area (Å²) in [6, 6.07) is 15.7. The van der Waals surface area contributed by atoms with E-state index in [4.69, 9.17) is 38.1 Å². The normalized spacial score (nSPS) is 15.7. The fourth-order valence-electron chi connectivity index (χ4n) is 4.88. The lowest BCUT2D eigenvalue weighted by molar-refractivity contribution is -0.141. The minimum atomic E-state index is -0.586. The Hall–Kier alpha value is -4.04. The zero-order valence-corrected chi connectivity index (χ0v) is 26.3. The van der Waals surface area contributed by atoms with Gasteiger partial charge in [-0.05, 0) is 76.1 Å². The third-order valence-corrected chi connectivity index (χ3v) is 8.26. The molecule has 2 aromatic carbocycles. The Labute approximate surface area is 256 Å². The average Bonchev–Trinajstić information content (AvgIpc) is 3.56. The van der Waals surface area contributed by atoms with Crippen LogP contribution in [-0.2, 0) is 15.2 Å². The molecule has 0 amide bonds. The zero-order chi connectivity index (χ0) is 30.7. The number of benzene rings is 2. The van der Waals surface area contributed by atoms with Crippen molar-refractivity contribution in [3.8, 4) is 45.9 Å². The summed E-state index contributed by atoms with van der Waals surface area (Å²) in [5, 5.41) is 10.9. The van der Waals surface area contributed by atoms with Crippen LogP contribution in [0.15, 0.2) is 51.9 Å². The number of pyridine rings is 1. The first-order chi connectivity index (χ1) is 20.6. The number of hydrogen-bond acceptors (Lipinski definition) is 10. The second-order valence-electron chi connectivity index (χ2n) is 10.7. The van der Waals surface area contributed by atoms with Crippen molar-refractivity contribution < 1.29 is 28.1 Å². The van der Waals surface area contributed by atoms with Gasteiger partial charge in [-0.15, -0.1) is 0 Å². The Bertz CT molecular complexity index is 1660. The summed E-state index contributed by atoms with van der Waals surface area (Å²) < 4.78 is 34.2. The molecule has 1 atom stereocenters. The lowest BCUT2D eigenvalue weighted by Gasteiger charge is -2.17. The number of ether oxygens (including phenoxy) is 5. The SMILES string of the molecule is COc1ccc(-c2nc(CSc3nc(C)c(C)c(-c4ccc(OC[C@@H]5COC(C)(C)O5)cc4)c3C#N)c(C)o2)cc1OC. The van der Waals surface area contributed by atoms with Crippen molar-refractivity contribution in [3.05, 3.63) is 70.7 Å². The second kappa shape index (κ2) is 12.7. The highest BCUT2D eigenvalue weighted by atomic mass is 32.2. The van der Waals surface area contributed by atoms with Gasteiger partial charge in [0.2, 0.25) is 5.89 Å². The smallest absolute Gasteiger partial charge is 0.226 e. The molecule has 9 nitrogen and oxygen atoms in total. The van der Waals surface area contributed by atoms with Crippen LogP contribution in [-0.4, -0.2) is 49.3 Å². The fraction of sp³-hybridized carbons (Fsp3) is 0.364. The highest BCUT2D eigenvalue weighted by molar-refractivity contribution is 7.98. The number of hydrogen-bond donors (Lipinski definition) is 0. The Morgan fingerprint density at radius 1 is 1.00 bits per heavy atom. The second-order valence-corrected chi connectivity index (χ2v) is 11.6. The number of methoxy groups -OCH3 is 2. The van der Waals surface area contributed by atoms with Gasteiger partial charge in [0.05, 0.1) is 32.1 Å². The number of nitriles is 1. The molecule has 43 heavy (non-hydrogen) atoms. The third kappa shape index (κ3) is 6.64. The number of aromatic nitrogens is 2. The summed E-state index contributed by atoms with van der Waals surface area (Å²) in [6.45, 7) is 10.5. The maximum atomic E-state index is 10.3. The van der Waals surface area contributed by atoms with Crippen LogP contribution in [0.5, 0.6) is 17.2 Å². The molecule has 0 saturated carbocycles. The van der Waals surface area contributed by atoms with Gasteiger partial charge >= 0.3 is 0 Å². The van der Waals surface area contributed by atoms with E-state index < -0.39 is 5.79 Å². The highest BCUT2D eigenvalue weighted by Gasteiger charge is 2.33. The lowest BCUT2D eigenvalue weighted by Crippen LogP contribution is -2.25. The van der Waals surface area contributed by atoms with E-state index in [0.29, 0.717) is 52.7 Å². The predicted molar refractivity (Wildman–Crippen MR) is 164 cm³/mol. The van der Waals surface area contributed by atoms with Crippen LogP contribution in [0, 0.1) is 32.1 Å². The van der Waals surface area contributed by atoms with Gasteiger partial charge in [-0.2, -0.15) is 5.26 Å². The van der Waals surface area contributed by atoms with Crippen LogP contribution in [0.1, 0.15) is 42.1 Å². The molecule has 2 aromatic heterocycles. The molecule has 4 aromatic rings. The van der Waals surface area contributed by atoms with Gasteiger partial charge in [-0.3, -0.25) is 0 Å². The summed E-state index contributed by atoms with van der Waals surface area (Å²) in [6.07, 6.45) is -0.118. The lowest BCUT2D eigenvalue weighted by atomic mass is 9.96. The Kier molecular flexibility index (Phi) is 8.97. The van der Waals surface area contributed by atoms with Crippen molar-refractivity contribution in [1.29, 1.82) is 5.26 Å². The van der Waals surface area contributed by atoms with Gasteiger partial charge in [0, 0.05) is 22.6 Å². The Morgan fingerprint density at radius 2 is 1.72 bits per heavy atom. The minimum Gasteiger partial charge on any atom is -0.493 e. The number of aryl methyl sites for hydroxylation is 2. The number of rotatable bonds is 10. The van der Waals surface area contributed by atoms with Gasteiger partial charge in [0.15, 0.2) is 17.3 Å². The van der Waals surface area contributed by atoms with Crippen LogP contribution in [0.2, 0.25) is 0 Å². The van der Waals surface area contributed by atoms with E-state index in [-0.39, 0.29) is 6.10 Å². The van der Waals surface area contributed by atoms with Gasteiger partial charge in [-0.25, -0.2) is 9.97 Å². The van der Waals surface area contributed by atoms with E-state index in [1.54, 1.807) is 14.2 Å². The number of nitrogens with zero attached hydrogens (tertiary/aromatic N) is 3. The molecule has 0 bridgehead atoms. The molecule has 1 aliphatic heterocycles. The molecule has 224 valence electrons. The van der Waals surface area contributed by atoms with Crippen molar-refractivity contribution in [3.63, 3.8) is 0 Å². The summed E-state index contributed by atoms with van der Waals surface area (Å²) >= 11 is 1.47. The van der Waals surface area contributed by atoms with Crippen LogP contribution in [0.25, 0.3) is 22.6 Å². The average molecular weight is 602 g/mol. The van der Waals surface area contributed by atoms with Crippen molar-refractivity contribution in [2.24, 2.45) is 0 Å². The molecule has 0 N–H and O–H groups in total. The molecular weight excluding hydrogens is 566 g/mol. The summed E-state index contributed by atoms with van der Waals surface area (Å²) in [5.41, 5.74) is 5.69. The first-order valence-corrected chi connectivity index (χ1v) is 14.9. The van der Waals surface area contributed by atoms with Crippen LogP contribution in [0.3, 0.4) is 0 Å². The van der Waals surface area contributed by atoms with Gasteiger partial charge in [-0.1, -0.05) is 23.9 Å². The van der Waals surface area contributed by atoms with Crippen LogP contribution >= 0.6 is 11.8 Å². The first-order valence-electron chi connectivity index (χ1n) is 13.9. The molecule has 0 spiro atoms. The largest absolute Gasteiger partial charge is 0.493 e. The highest BCUT2D eigenvalue weighted by Crippen LogP contribution is 2.37. The number of oxazole rings is 1. The minimum absolute atomic E-state index is 0.118. The molecule has 1 fully saturated rings. The van der Waals surface area contributed by atoms with E-state index in [1.807, 2.05) is 77.1 Å². The quantitative estimate of drug-likeness (QED) is 0.176. The maximum absolute atomic E-state index is 10.3. The van der Waals surface area contributed by atoms with Crippen molar-refractivity contribution in [2.45, 2.75) is 57.3 Å². The van der Waals surface area contributed by atoms with Crippen LogP contribution < -0.4 is 14.2 Å². The molecule has 10 heteroatoms. The summed E-state index contributed by atoms with van der Waals surface area (Å²) in [4.78, 5) is 9.53. The molecule has 1 saturated heterocycles. The van der Waals surface area contributed by atoms with Gasteiger partial charge in [0.25, 0.3) is 0 Å².